The normalized spacial score (nSPS) is 17.4. The van der Waals surface area contributed by atoms with Crippen LogP contribution >= 0.6 is 11.8 Å². The van der Waals surface area contributed by atoms with Crippen LogP contribution in [0.4, 0.5) is 0 Å². The van der Waals surface area contributed by atoms with Crippen molar-refractivity contribution in [3.8, 4) is 0 Å². The molecule has 0 radical (unpaired) electrons. The Morgan fingerprint density at radius 2 is 1.69 bits per heavy atom. The Morgan fingerprint density at radius 3 is 2.35 bits per heavy atom. The summed E-state index contributed by atoms with van der Waals surface area (Å²) < 4.78 is 5.57. The van der Waals surface area contributed by atoms with Crippen LogP contribution in [0.2, 0.25) is 0 Å². The van der Waals surface area contributed by atoms with Gasteiger partial charge in [-0.2, -0.15) is 0 Å². The molecule has 0 spiro atoms. The summed E-state index contributed by atoms with van der Waals surface area (Å²) in [5, 5.41) is 3.15. The highest BCUT2D eigenvalue weighted by atomic mass is 32.2. The Kier molecular flexibility index (Phi) is 6.75. The van der Waals surface area contributed by atoms with Crippen molar-refractivity contribution >= 4 is 17.7 Å². The van der Waals surface area contributed by atoms with E-state index in [-0.39, 0.29) is 16.6 Å². The zero-order chi connectivity index (χ0) is 18.2. The fraction of sp³-hybridized carbons (Fsp3) is 0.409. The van der Waals surface area contributed by atoms with Gasteiger partial charge in [0.25, 0.3) is 0 Å². The molecule has 1 N–H and O–H groups in total. The molecule has 1 fully saturated rings. The molecule has 1 heterocycles. The molecule has 1 atom stereocenters. The van der Waals surface area contributed by atoms with Crippen LogP contribution in [0.1, 0.15) is 30.9 Å². The van der Waals surface area contributed by atoms with Gasteiger partial charge in [0, 0.05) is 30.9 Å². The number of thioether (sulfide) groups is 1. The molecule has 2 aromatic carbocycles. The summed E-state index contributed by atoms with van der Waals surface area (Å²) in [5.41, 5.74) is 2.54. The molecular weight excluding hydrogens is 342 g/mol. The monoisotopic (exact) mass is 369 g/mol. The Balaban J connectivity index is 1.57. The van der Waals surface area contributed by atoms with Crippen LogP contribution in [0.3, 0.4) is 0 Å². The quantitative estimate of drug-likeness (QED) is 0.796. The van der Waals surface area contributed by atoms with Gasteiger partial charge in [0.2, 0.25) is 5.91 Å². The van der Waals surface area contributed by atoms with E-state index in [1.807, 2.05) is 31.2 Å². The minimum absolute atomic E-state index is 0.0149. The maximum atomic E-state index is 12.6. The number of ether oxygens (including phenoxy) is 1. The molecule has 1 unspecified atom stereocenters. The Labute approximate surface area is 160 Å². The zero-order valence-electron chi connectivity index (χ0n) is 15.3. The predicted octanol–water partition coefficient (Wildman–Crippen LogP) is 4.17. The number of amides is 1. The van der Waals surface area contributed by atoms with Gasteiger partial charge in [-0.25, -0.2) is 0 Å². The molecule has 4 heteroatoms. The lowest BCUT2D eigenvalue weighted by Crippen LogP contribution is -2.46. The molecule has 0 bridgehead atoms. The van der Waals surface area contributed by atoms with Crippen LogP contribution in [0.5, 0.6) is 0 Å². The third-order valence-corrected chi connectivity index (χ3v) is 6.36. The van der Waals surface area contributed by atoms with Crippen molar-refractivity contribution < 1.29 is 9.53 Å². The molecule has 1 aliphatic rings. The molecule has 3 nitrogen and oxygen atoms in total. The summed E-state index contributed by atoms with van der Waals surface area (Å²) in [4.78, 5) is 12.6. The summed E-state index contributed by atoms with van der Waals surface area (Å²) >= 11 is 1.68. The second-order valence-electron chi connectivity index (χ2n) is 6.92. The van der Waals surface area contributed by atoms with Crippen LogP contribution in [0.15, 0.2) is 60.7 Å². The van der Waals surface area contributed by atoms with E-state index in [4.69, 9.17) is 4.74 Å². The lowest BCUT2D eigenvalue weighted by Gasteiger charge is -2.38. The number of carbonyl (C=O) groups excluding carboxylic acids is 1. The molecule has 1 amide bonds. The third-order valence-electron chi connectivity index (χ3n) is 5.15. The van der Waals surface area contributed by atoms with Gasteiger partial charge in [0.05, 0.1) is 5.25 Å². The Bertz CT molecular complexity index is 684. The van der Waals surface area contributed by atoms with E-state index < -0.39 is 0 Å². The summed E-state index contributed by atoms with van der Waals surface area (Å²) in [6, 6.07) is 20.8. The summed E-state index contributed by atoms with van der Waals surface area (Å²) in [6.45, 7) is 4.17. The molecule has 0 saturated carbocycles. The second kappa shape index (κ2) is 9.24. The van der Waals surface area contributed by atoms with Crippen molar-refractivity contribution in [3.05, 3.63) is 71.8 Å². The van der Waals surface area contributed by atoms with E-state index in [0.717, 1.165) is 31.8 Å². The summed E-state index contributed by atoms with van der Waals surface area (Å²) in [7, 11) is 0. The first-order chi connectivity index (χ1) is 12.7. The van der Waals surface area contributed by atoms with E-state index in [1.165, 1.54) is 11.1 Å². The highest BCUT2D eigenvalue weighted by Gasteiger charge is 2.35. The fourth-order valence-corrected chi connectivity index (χ4v) is 4.26. The van der Waals surface area contributed by atoms with Crippen molar-refractivity contribution in [2.75, 3.05) is 19.8 Å². The van der Waals surface area contributed by atoms with Gasteiger partial charge in [0.15, 0.2) is 0 Å². The lowest BCUT2D eigenvalue weighted by molar-refractivity contribution is -0.120. The molecule has 1 saturated heterocycles. The van der Waals surface area contributed by atoms with Gasteiger partial charge in [0.1, 0.15) is 0 Å². The van der Waals surface area contributed by atoms with E-state index >= 15 is 0 Å². The number of nitrogens with one attached hydrogen (secondary N) is 1. The minimum Gasteiger partial charge on any atom is -0.381 e. The highest BCUT2D eigenvalue weighted by molar-refractivity contribution is 7.99. The van der Waals surface area contributed by atoms with Crippen LogP contribution in [-0.2, 0) is 20.7 Å². The fourth-order valence-electron chi connectivity index (χ4n) is 3.39. The Morgan fingerprint density at radius 1 is 1.08 bits per heavy atom. The standard InChI is InChI=1S/C22H27NO2S/c1-18(26-16-19-8-4-2-5-9-19)21(24)23-17-22(12-14-25-15-13-22)20-10-6-3-7-11-20/h2-11,18H,12-17H2,1H3,(H,23,24). The number of benzene rings is 2. The van der Waals surface area contributed by atoms with E-state index in [0.29, 0.717) is 6.54 Å². The van der Waals surface area contributed by atoms with Gasteiger partial charge in [-0.05, 0) is 30.9 Å². The summed E-state index contributed by atoms with van der Waals surface area (Å²) in [5.74, 6) is 0.973. The average molecular weight is 370 g/mol. The van der Waals surface area contributed by atoms with Gasteiger partial charge >= 0.3 is 0 Å². The number of hydrogen-bond donors (Lipinski definition) is 1. The first-order valence-electron chi connectivity index (χ1n) is 9.26. The predicted molar refractivity (Wildman–Crippen MR) is 108 cm³/mol. The SMILES string of the molecule is CC(SCc1ccccc1)C(=O)NCC1(c2ccccc2)CCOCC1. The molecule has 0 aliphatic carbocycles. The number of hydrogen-bond acceptors (Lipinski definition) is 3. The highest BCUT2D eigenvalue weighted by Crippen LogP contribution is 2.34. The first-order valence-corrected chi connectivity index (χ1v) is 10.3. The molecule has 3 rings (SSSR count). The van der Waals surface area contributed by atoms with Crippen LogP contribution in [-0.4, -0.2) is 30.9 Å². The zero-order valence-corrected chi connectivity index (χ0v) is 16.1. The maximum absolute atomic E-state index is 12.6. The average Bonchev–Trinajstić information content (AvgIpc) is 2.72. The topological polar surface area (TPSA) is 38.3 Å². The molecular formula is C22H27NO2S. The Hall–Kier alpha value is -1.78. The van der Waals surface area contributed by atoms with Gasteiger partial charge < -0.3 is 10.1 Å². The molecule has 138 valence electrons. The number of carbonyl (C=O) groups is 1. The molecule has 1 aliphatic heterocycles. The van der Waals surface area contributed by atoms with Crippen molar-refractivity contribution in [2.24, 2.45) is 0 Å². The maximum Gasteiger partial charge on any atom is 0.232 e. The van der Waals surface area contributed by atoms with Crippen molar-refractivity contribution in [1.82, 2.24) is 5.32 Å². The smallest absolute Gasteiger partial charge is 0.232 e. The van der Waals surface area contributed by atoms with E-state index in [1.54, 1.807) is 11.8 Å². The van der Waals surface area contributed by atoms with E-state index in [9.17, 15) is 4.79 Å². The molecule has 2 aromatic rings. The van der Waals surface area contributed by atoms with Crippen molar-refractivity contribution in [1.29, 1.82) is 0 Å². The van der Waals surface area contributed by atoms with Crippen molar-refractivity contribution in [3.63, 3.8) is 0 Å². The van der Waals surface area contributed by atoms with Crippen LogP contribution in [0.25, 0.3) is 0 Å². The number of rotatable bonds is 7. The molecule has 0 aromatic heterocycles. The van der Waals surface area contributed by atoms with Crippen LogP contribution < -0.4 is 5.32 Å². The lowest BCUT2D eigenvalue weighted by atomic mass is 9.74. The van der Waals surface area contributed by atoms with Gasteiger partial charge in [-0.1, -0.05) is 60.7 Å². The first kappa shape index (κ1) is 19.0. The van der Waals surface area contributed by atoms with Crippen LogP contribution in [0, 0.1) is 0 Å². The second-order valence-corrected chi connectivity index (χ2v) is 8.24. The van der Waals surface area contributed by atoms with Gasteiger partial charge in [-0.15, -0.1) is 11.8 Å². The molecule has 26 heavy (non-hydrogen) atoms. The van der Waals surface area contributed by atoms with Crippen molar-refractivity contribution in [2.45, 2.75) is 36.2 Å². The largest absolute Gasteiger partial charge is 0.381 e. The van der Waals surface area contributed by atoms with E-state index in [2.05, 4.69) is 41.7 Å². The van der Waals surface area contributed by atoms with Gasteiger partial charge in [-0.3, -0.25) is 4.79 Å². The summed E-state index contributed by atoms with van der Waals surface area (Å²) in [6.07, 6.45) is 1.89. The third kappa shape index (κ3) is 4.89. The minimum atomic E-state index is -0.0668.